The number of halogens is 1. The summed E-state index contributed by atoms with van der Waals surface area (Å²) >= 11 is 1.65. The minimum absolute atomic E-state index is 0. The van der Waals surface area contributed by atoms with Gasteiger partial charge in [-0.2, -0.15) is 0 Å². The number of carbonyl (C=O) groups excluding carboxylic acids is 1. The van der Waals surface area contributed by atoms with Crippen LogP contribution in [0.15, 0.2) is 57.5 Å². The number of aliphatic imine (C=N–C) groups is 1. The van der Waals surface area contributed by atoms with E-state index in [2.05, 4.69) is 45.2 Å². The quantitative estimate of drug-likeness (QED) is 0.220. The van der Waals surface area contributed by atoms with Crippen LogP contribution in [0.4, 0.5) is 0 Å². The molecule has 7 nitrogen and oxygen atoms in total. The second kappa shape index (κ2) is 12.5. The van der Waals surface area contributed by atoms with Crippen molar-refractivity contribution in [2.24, 2.45) is 4.99 Å². The molecule has 166 valence electrons. The molecule has 0 aliphatic heterocycles. The summed E-state index contributed by atoms with van der Waals surface area (Å²) in [4.78, 5) is 21.3. The smallest absolute Gasteiger partial charge is 0.251 e. The third-order valence-electron chi connectivity index (χ3n) is 4.44. The van der Waals surface area contributed by atoms with E-state index in [9.17, 15) is 4.79 Å². The lowest BCUT2D eigenvalue weighted by atomic mass is 10.1. The van der Waals surface area contributed by atoms with Gasteiger partial charge in [-0.3, -0.25) is 9.79 Å². The molecule has 0 aliphatic rings. The molecule has 31 heavy (non-hydrogen) atoms. The van der Waals surface area contributed by atoms with Gasteiger partial charge in [0.2, 0.25) is 0 Å². The van der Waals surface area contributed by atoms with Gasteiger partial charge < -0.3 is 20.4 Å². The summed E-state index contributed by atoms with van der Waals surface area (Å²) in [7, 11) is 1.73. The maximum absolute atomic E-state index is 12.4. The Morgan fingerprint density at radius 1 is 1.13 bits per heavy atom. The first-order valence-electron chi connectivity index (χ1n) is 9.83. The summed E-state index contributed by atoms with van der Waals surface area (Å²) in [6.45, 7) is 5.80. The number of nitrogens with one attached hydrogen (secondary N) is 3. The average molecular weight is 553 g/mol. The van der Waals surface area contributed by atoms with Crippen molar-refractivity contribution in [1.29, 1.82) is 0 Å². The Balaban J connectivity index is 0.00000341. The summed E-state index contributed by atoms with van der Waals surface area (Å²) in [5, 5.41) is 12.5. The van der Waals surface area contributed by atoms with Gasteiger partial charge in [-0.25, -0.2) is 4.98 Å². The normalized spacial score (nSPS) is 11.2. The summed E-state index contributed by atoms with van der Waals surface area (Å²) in [5.41, 5.74) is 2.70. The van der Waals surface area contributed by atoms with E-state index in [4.69, 9.17) is 4.42 Å². The third kappa shape index (κ3) is 7.66. The molecule has 0 saturated carbocycles. The molecule has 3 rings (SSSR count). The van der Waals surface area contributed by atoms with Gasteiger partial charge in [0.05, 0.1) is 25.0 Å². The molecule has 2 heterocycles. The van der Waals surface area contributed by atoms with Crippen molar-refractivity contribution >= 4 is 47.2 Å². The molecular formula is C22H28IN5O2S. The minimum atomic E-state index is -0.138. The molecule has 1 aromatic carbocycles. The first kappa shape index (κ1) is 24.9. The van der Waals surface area contributed by atoms with E-state index in [1.165, 1.54) is 0 Å². The molecule has 3 N–H and O–H groups in total. The van der Waals surface area contributed by atoms with Crippen LogP contribution in [0.3, 0.4) is 0 Å². The molecule has 0 radical (unpaired) electrons. The highest BCUT2D eigenvalue weighted by Crippen LogP contribution is 2.17. The van der Waals surface area contributed by atoms with E-state index < -0.39 is 0 Å². The first-order chi connectivity index (χ1) is 14.5. The summed E-state index contributed by atoms with van der Waals surface area (Å²) in [6.07, 6.45) is 1.59. The number of hydrogen-bond donors (Lipinski definition) is 3. The van der Waals surface area contributed by atoms with Crippen LogP contribution in [-0.2, 0) is 19.6 Å². The van der Waals surface area contributed by atoms with Gasteiger partial charge in [-0.15, -0.1) is 35.3 Å². The van der Waals surface area contributed by atoms with E-state index >= 15 is 0 Å². The molecule has 0 fully saturated rings. The van der Waals surface area contributed by atoms with E-state index in [1.54, 1.807) is 36.8 Å². The molecule has 2 aromatic heterocycles. The first-order valence-corrected chi connectivity index (χ1v) is 10.7. The second-order valence-electron chi connectivity index (χ2n) is 7.06. The summed E-state index contributed by atoms with van der Waals surface area (Å²) in [6, 6.07) is 11.1. The van der Waals surface area contributed by atoms with Crippen molar-refractivity contribution < 1.29 is 9.21 Å². The number of hydrogen-bond acceptors (Lipinski definition) is 5. The Morgan fingerprint density at radius 3 is 2.61 bits per heavy atom. The number of carbonyl (C=O) groups is 1. The lowest BCUT2D eigenvalue weighted by molar-refractivity contribution is 0.0948. The van der Waals surface area contributed by atoms with Crippen molar-refractivity contribution in [3.8, 4) is 0 Å². The number of benzene rings is 1. The van der Waals surface area contributed by atoms with Crippen LogP contribution in [0.25, 0.3) is 0 Å². The third-order valence-corrected chi connectivity index (χ3v) is 5.31. The Kier molecular flexibility index (Phi) is 9.99. The fourth-order valence-electron chi connectivity index (χ4n) is 2.74. The summed E-state index contributed by atoms with van der Waals surface area (Å²) < 4.78 is 5.24. The highest BCUT2D eigenvalue weighted by Gasteiger charge is 2.09. The fourth-order valence-corrected chi connectivity index (χ4v) is 3.64. The monoisotopic (exact) mass is 553 g/mol. The lowest BCUT2D eigenvalue weighted by Crippen LogP contribution is -2.36. The predicted molar refractivity (Wildman–Crippen MR) is 135 cm³/mol. The number of nitrogens with zero attached hydrogens (tertiary/aromatic N) is 2. The number of furan rings is 1. The second-order valence-corrected chi connectivity index (χ2v) is 8.01. The van der Waals surface area contributed by atoms with Gasteiger partial charge in [-0.1, -0.05) is 26.0 Å². The van der Waals surface area contributed by atoms with Crippen LogP contribution in [-0.4, -0.2) is 23.9 Å². The SMILES string of the molecule is CN=C(NCc1cccc(C(=O)NCc2ccco2)c1)NCc1nc(C(C)C)cs1.I. The van der Waals surface area contributed by atoms with Crippen LogP contribution in [0.1, 0.15) is 52.1 Å². The zero-order valence-corrected chi connectivity index (χ0v) is 21.0. The maximum Gasteiger partial charge on any atom is 0.251 e. The number of aromatic nitrogens is 1. The van der Waals surface area contributed by atoms with E-state index in [-0.39, 0.29) is 29.9 Å². The van der Waals surface area contributed by atoms with Crippen molar-refractivity contribution in [3.63, 3.8) is 0 Å². The topological polar surface area (TPSA) is 91.5 Å². The molecule has 0 aliphatic carbocycles. The van der Waals surface area contributed by atoms with Gasteiger partial charge in [-0.05, 0) is 35.7 Å². The van der Waals surface area contributed by atoms with Gasteiger partial charge in [0.25, 0.3) is 5.91 Å². The maximum atomic E-state index is 12.4. The Hall–Kier alpha value is -2.40. The fraction of sp³-hybridized carbons (Fsp3) is 0.318. The molecule has 0 unspecified atom stereocenters. The van der Waals surface area contributed by atoms with Gasteiger partial charge in [0.1, 0.15) is 10.8 Å². The molecule has 9 heteroatoms. The number of rotatable bonds is 8. The number of amides is 1. The Labute approximate surface area is 203 Å². The van der Waals surface area contributed by atoms with E-state index in [1.807, 2.05) is 24.3 Å². The van der Waals surface area contributed by atoms with E-state index in [0.29, 0.717) is 37.1 Å². The molecule has 1 amide bonds. The highest BCUT2D eigenvalue weighted by atomic mass is 127. The zero-order chi connectivity index (χ0) is 21.3. The molecular weight excluding hydrogens is 525 g/mol. The predicted octanol–water partition coefficient (Wildman–Crippen LogP) is 4.27. The summed E-state index contributed by atoms with van der Waals surface area (Å²) in [5.74, 6) is 1.69. The molecule has 0 atom stereocenters. The number of thiazole rings is 1. The van der Waals surface area contributed by atoms with Crippen LogP contribution in [0.5, 0.6) is 0 Å². The van der Waals surface area contributed by atoms with Crippen LogP contribution in [0, 0.1) is 0 Å². The van der Waals surface area contributed by atoms with Gasteiger partial charge in [0, 0.05) is 24.5 Å². The minimum Gasteiger partial charge on any atom is -0.467 e. The largest absolute Gasteiger partial charge is 0.467 e. The van der Waals surface area contributed by atoms with Crippen molar-refractivity contribution in [2.45, 2.75) is 39.4 Å². The molecule has 0 bridgehead atoms. The Morgan fingerprint density at radius 2 is 1.94 bits per heavy atom. The lowest BCUT2D eigenvalue weighted by Gasteiger charge is -2.12. The molecule has 0 saturated heterocycles. The number of guanidine groups is 1. The zero-order valence-electron chi connectivity index (χ0n) is 17.8. The Bertz CT molecular complexity index is 985. The van der Waals surface area contributed by atoms with Crippen LogP contribution >= 0.6 is 35.3 Å². The highest BCUT2D eigenvalue weighted by molar-refractivity contribution is 14.0. The van der Waals surface area contributed by atoms with Crippen molar-refractivity contribution in [1.82, 2.24) is 20.9 Å². The average Bonchev–Trinajstić information content (AvgIpc) is 3.44. The van der Waals surface area contributed by atoms with Crippen molar-refractivity contribution in [3.05, 3.63) is 75.6 Å². The van der Waals surface area contributed by atoms with Crippen LogP contribution < -0.4 is 16.0 Å². The molecule has 3 aromatic rings. The van der Waals surface area contributed by atoms with Crippen molar-refractivity contribution in [2.75, 3.05) is 7.05 Å². The van der Waals surface area contributed by atoms with E-state index in [0.717, 1.165) is 22.0 Å². The standard InChI is InChI=1S/C22H27N5O2S.HI/c1-15(2)19-14-30-20(27-19)13-26-22(23-3)25-11-16-6-4-7-17(10-16)21(28)24-12-18-8-5-9-29-18;/h4-10,14-15H,11-13H2,1-3H3,(H,24,28)(H2,23,25,26);1H. The molecule has 0 spiro atoms. The van der Waals surface area contributed by atoms with Gasteiger partial charge in [0.15, 0.2) is 5.96 Å². The van der Waals surface area contributed by atoms with Crippen LogP contribution in [0.2, 0.25) is 0 Å². The van der Waals surface area contributed by atoms with Gasteiger partial charge >= 0.3 is 0 Å².